The van der Waals surface area contributed by atoms with Crippen molar-refractivity contribution in [2.45, 2.75) is 38.0 Å². The quantitative estimate of drug-likeness (QED) is 0.611. The van der Waals surface area contributed by atoms with Crippen LogP contribution in [0.4, 0.5) is 13.2 Å². The van der Waals surface area contributed by atoms with Crippen LogP contribution < -0.4 is 5.32 Å². The number of likely N-dealkylation sites (tertiary alicyclic amines) is 1. The van der Waals surface area contributed by atoms with Gasteiger partial charge in [-0.25, -0.2) is 4.79 Å². The molecule has 1 saturated heterocycles. The third kappa shape index (κ3) is 8.39. The van der Waals surface area contributed by atoms with E-state index in [1.165, 1.54) is 0 Å². The van der Waals surface area contributed by atoms with Gasteiger partial charge in [-0.1, -0.05) is 42.3 Å². The third-order valence-corrected chi connectivity index (χ3v) is 5.04. The van der Waals surface area contributed by atoms with E-state index in [0.29, 0.717) is 22.9 Å². The number of phenols is 1. The molecule has 2 aromatic rings. The molecule has 6 nitrogen and oxygen atoms in total. The van der Waals surface area contributed by atoms with Crippen LogP contribution in [0.25, 0.3) is 0 Å². The molecule has 1 amide bonds. The molecule has 2 aromatic carbocycles. The number of nitrogens with zero attached hydrogens (tertiary/aromatic N) is 1. The lowest BCUT2D eigenvalue weighted by Crippen LogP contribution is -2.42. The third-order valence-electron chi connectivity index (χ3n) is 4.81. The van der Waals surface area contributed by atoms with Gasteiger partial charge in [-0.2, -0.15) is 13.2 Å². The molecule has 0 spiro atoms. The van der Waals surface area contributed by atoms with E-state index in [0.717, 1.165) is 37.9 Å². The minimum Gasteiger partial charge on any atom is -0.508 e. The fourth-order valence-corrected chi connectivity index (χ4v) is 3.46. The Morgan fingerprint density at radius 2 is 1.81 bits per heavy atom. The van der Waals surface area contributed by atoms with E-state index in [4.69, 9.17) is 21.5 Å². The van der Waals surface area contributed by atoms with Crippen molar-refractivity contribution in [1.82, 2.24) is 10.2 Å². The Labute approximate surface area is 188 Å². The Morgan fingerprint density at radius 3 is 2.44 bits per heavy atom. The monoisotopic (exact) mass is 472 g/mol. The van der Waals surface area contributed by atoms with Crippen molar-refractivity contribution in [3.05, 3.63) is 64.7 Å². The zero-order valence-corrected chi connectivity index (χ0v) is 17.9. The number of amides is 1. The molecule has 0 radical (unpaired) electrons. The van der Waals surface area contributed by atoms with E-state index in [9.17, 15) is 23.1 Å². The van der Waals surface area contributed by atoms with E-state index in [1.807, 2.05) is 18.2 Å². The number of para-hydroxylation sites is 1. The maximum atomic E-state index is 12.5. The molecule has 0 bridgehead atoms. The average molecular weight is 473 g/mol. The van der Waals surface area contributed by atoms with Crippen LogP contribution in [-0.4, -0.2) is 52.3 Å². The fraction of sp³-hybridized carbons (Fsp3) is 0.364. The number of carbonyl (C=O) groups is 2. The Morgan fingerprint density at radius 1 is 1.12 bits per heavy atom. The molecule has 1 aliphatic heterocycles. The Bertz CT molecular complexity index is 924. The second kappa shape index (κ2) is 11.7. The number of halogens is 4. The van der Waals surface area contributed by atoms with Crippen LogP contribution in [0.5, 0.6) is 5.75 Å². The smallest absolute Gasteiger partial charge is 0.490 e. The molecule has 1 atom stereocenters. The lowest BCUT2D eigenvalue weighted by atomic mass is 10.1. The second-order valence-corrected chi connectivity index (χ2v) is 7.78. The van der Waals surface area contributed by atoms with Gasteiger partial charge in [-0.05, 0) is 43.7 Å². The van der Waals surface area contributed by atoms with Crippen LogP contribution in [0.1, 0.15) is 35.2 Å². The molecule has 3 rings (SSSR count). The van der Waals surface area contributed by atoms with Crippen molar-refractivity contribution < 1.29 is 33.0 Å². The summed E-state index contributed by atoms with van der Waals surface area (Å²) in [5, 5.41) is 20.8. The number of carboxylic acid groups (broad SMARTS) is 1. The van der Waals surface area contributed by atoms with Gasteiger partial charge in [0.15, 0.2) is 0 Å². The first-order valence-electron chi connectivity index (χ1n) is 9.92. The van der Waals surface area contributed by atoms with E-state index < -0.39 is 12.1 Å². The fourth-order valence-electron chi connectivity index (χ4n) is 3.27. The summed E-state index contributed by atoms with van der Waals surface area (Å²) in [6.07, 6.45) is -1.95. The van der Waals surface area contributed by atoms with E-state index in [-0.39, 0.29) is 11.9 Å². The number of hydrogen-bond acceptors (Lipinski definition) is 4. The maximum Gasteiger partial charge on any atom is 0.490 e. The van der Waals surface area contributed by atoms with Gasteiger partial charge in [0.05, 0.1) is 0 Å². The molecule has 0 saturated carbocycles. The maximum absolute atomic E-state index is 12.5. The highest BCUT2D eigenvalue weighted by Crippen LogP contribution is 2.20. The summed E-state index contributed by atoms with van der Waals surface area (Å²) in [5.41, 5.74) is 1.51. The largest absolute Gasteiger partial charge is 0.508 e. The first kappa shape index (κ1) is 25.5. The van der Waals surface area contributed by atoms with Gasteiger partial charge in [0.1, 0.15) is 5.75 Å². The number of nitrogens with one attached hydrogen (secondary N) is 1. The molecular weight excluding hydrogens is 449 g/mol. The van der Waals surface area contributed by atoms with Crippen molar-refractivity contribution in [2.24, 2.45) is 0 Å². The minimum absolute atomic E-state index is 0.0862. The van der Waals surface area contributed by atoms with Crippen LogP contribution in [0, 0.1) is 0 Å². The first-order chi connectivity index (χ1) is 15.1. The number of carbonyl (C=O) groups excluding carboxylic acids is 1. The molecule has 0 aromatic heterocycles. The van der Waals surface area contributed by atoms with Gasteiger partial charge in [-0.15, -0.1) is 0 Å². The highest BCUT2D eigenvalue weighted by molar-refractivity contribution is 6.30. The number of alkyl halides is 3. The Kier molecular flexibility index (Phi) is 9.34. The van der Waals surface area contributed by atoms with E-state index in [2.05, 4.69) is 10.2 Å². The van der Waals surface area contributed by atoms with Gasteiger partial charge < -0.3 is 15.5 Å². The zero-order chi connectivity index (χ0) is 23.7. The summed E-state index contributed by atoms with van der Waals surface area (Å²) in [6, 6.07) is 14.5. The lowest BCUT2D eigenvalue weighted by Gasteiger charge is -2.25. The number of rotatable bonds is 4. The van der Waals surface area contributed by atoms with Crippen LogP contribution in [0.2, 0.25) is 5.02 Å². The summed E-state index contributed by atoms with van der Waals surface area (Å²) >= 11 is 5.97. The van der Waals surface area contributed by atoms with Crippen molar-refractivity contribution in [3.8, 4) is 5.75 Å². The molecule has 174 valence electrons. The van der Waals surface area contributed by atoms with Crippen LogP contribution in [-0.2, 0) is 11.3 Å². The minimum atomic E-state index is -5.08. The van der Waals surface area contributed by atoms with Gasteiger partial charge in [0.25, 0.3) is 5.91 Å². The standard InChI is InChI=1S/C20H23ClN2O2.C2HF3O2/c21-17-8-5-7-15(12-17)20(25)22-18-9-3-4-11-23(14-18)13-16-6-1-2-10-19(16)24;3-2(4,5)1(6)7/h1-2,5-8,10,12,18,24H,3-4,9,11,13-14H2,(H,22,25);(H,6,7). The summed E-state index contributed by atoms with van der Waals surface area (Å²) in [5.74, 6) is -2.52. The predicted octanol–water partition coefficient (Wildman–Crippen LogP) is 4.46. The first-order valence-corrected chi connectivity index (χ1v) is 10.3. The Hall–Kier alpha value is -2.78. The molecule has 0 aliphatic carbocycles. The molecule has 32 heavy (non-hydrogen) atoms. The topological polar surface area (TPSA) is 89.9 Å². The van der Waals surface area contributed by atoms with Gasteiger partial charge in [-0.3, -0.25) is 9.69 Å². The van der Waals surface area contributed by atoms with Gasteiger partial charge >= 0.3 is 12.1 Å². The second-order valence-electron chi connectivity index (χ2n) is 7.34. The van der Waals surface area contributed by atoms with Crippen molar-refractivity contribution in [2.75, 3.05) is 13.1 Å². The number of benzene rings is 2. The predicted molar refractivity (Wildman–Crippen MR) is 114 cm³/mol. The highest BCUT2D eigenvalue weighted by Gasteiger charge is 2.38. The summed E-state index contributed by atoms with van der Waals surface area (Å²) in [4.78, 5) is 23.7. The molecule has 1 fully saturated rings. The number of phenolic OH excluding ortho intramolecular Hbond substituents is 1. The lowest BCUT2D eigenvalue weighted by molar-refractivity contribution is -0.192. The van der Waals surface area contributed by atoms with Crippen molar-refractivity contribution >= 4 is 23.5 Å². The summed E-state index contributed by atoms with van der Waals surface area (Å²) in [6.45, 7) is 2.44. The summed E-state index contributed by atoms with van der Waals surface area (Å²) < 4.78 is 31.7. The highest BCUT2D eigenvalue weighted by atomic mass is 35.5. The van der Waals surface area contributed by atoms with Crippen molar-refractivity contribution in [3.63, 3.8) is 0 Å². The molecule has 3 N–H and O–H groups in total. The zero-order valence-electron chi connectivity index (χ0n) is 17.1. The number of aromatic hydroxyl groups is 1. The molecular formula is C22H24ClF3N2O4. The number of carboxylic acids is 1. The molecule has 10 heteroatoms. The van der Waals surface area contributed by atoms with Crippen LogP contribution in [0.15, 0.2) is 48.5 Å². The summed E-state index contributed by atoms with van der Waals surface area (Å²) in [7, 11) is 0. The van der Waals surface area contributed by atoms with Crippen LogP contribution >= 0.6 is 11.6 Å². The van der Waals surface area contributed by atoms with E-state index in [1.54, 1.807) is 30.3 Å². The van der Waals surface area contributed by atoms with Crippen molar-refractivity contribution in [1.29, 1.82) is 0 Å². The number of aliphatic carboxylic acids is 1. The average Bonchev–Trinajstić information content (AvgIpc) is 2.94. The van der Waals surface area contributed by atoms with Gasteiger partial charge in [0, 0.05) is 35.3 Å². The van der Waals surface area contributed by atoms with Crippen LogP contribution in [0.3, 0.4) is 0 Å². The number of hydrogen-bond donors (Lipinski definition) is 3. The Balaban J connectivity index is 0.000000451. The van der Waals surface area contributed by atoms with E-state index >= 15 is 0 Å². The normalized spacial score (nSPS) is 16.9. The SMILES string of the molecule is O=C(NC1CCCCN(Cc2ccccc2O)C1)c1cccc(Cl)c1.O=C(O)C(F)(F)F. The molecule has 1 heterocycles. The van der Waals surface area contributed by atoms with Gasteiger partial charge in [0.2, 0.25) is 0 Å². The molecule has 1 unspecified atom stereocenters. The molecule has 1 aliphatic rings.